The van der Waals surface area contributed by atoms with Crippen LogP contribution in [0.5, 0.6) is 0 Å². The molecule has 0 aliphatic rings. The minimum atomic E-state index is -0.231. The van der Waals surface area contributed by atoms with Crippen molar-refractivity contribution < 1.29 is 0 Å². The minimum absolute atomic E-state index is 0.153. The van der Waals surface area contributed by atoms with Crippen molar-refractivity contribution in [2.45, 2.75) is 12.1 Å². The van der Waals surface area contributed by atoms with E-state index in [1.54, 1.807) is 0 Å². The molecule has 7 heavy (non-hydrogen) atoms. The first-order valence-electron chi connectivity index (χ1n) is 2.22. The second-order valence-electron chi connectivity index (χ2n) is 1.56. The van der Waals surface area contributed by atoms with Crippen molar-refractivity contribution in [3.8, 4) is 0 Å². The van der Waals surface area contributed by atoms with Crippen molar-refractivity contribution in [1.29, 1.82) is 0 Å². The van der Waals surface area contributed by atoms with Gasteiger partial charge in [0.2, 0.25) is 0 Å². The van der Waals surface area contributed by atoms with Crippen LogP contribution >= 0.6 is 0 Å². The Kier molecular flexibility index (Phi) is 2.91. The summed E-state index contributed by atoms with van der Waals surface area (Å²) >= 11 is 0. The Morgan fingerprint density at radius 3 is 1.86 bits per heavy atom. The van der Waals surface area contributed by atoms with Crippen LogP contribution in [-0.4, -0.2) is 18.6 Å². The second-order valence-corrected chi connectivity index (χ2v) is 1.56. The highest BCUT2D eigenvalue weighted by Gasteiger charge is 2.02. The van der Waals surface area contributed by atoms with E-state index in [-0.39, 0.29) is 12.1 Å². The molecule has 6 N–H and O–H groups in total. The fourth-order valence-electron chi connectivity index (χ4n) is 0.175. The van der Waals surface area contributed by atoms with Gasteiger partial charge in [-0.05, 0) is 6.92 Å². The normalized spacial score (nSPS) is 18.9. The van der Waals surface area contributed by atoms with Crippen LogP contribution in [0, 0.1) is 6.92 Å². The highest BCUT2D eigenvalue weighted by Crippen LogP contribution is 1.77. The summed E-state index contributed by atoms with van der Waals surface area (Å²) in [7, 11) is 0. The Bertz CT molecular complexity index is 44.2. The topological polar surface area (TPSA) is 78.1 Å². The van der Waals surface area contributed by atoms with E-state index in [2.05, 4.69) is 6.92 Å². The van der Waals surface area contributed by atoms with Crippen LogP contribution in [0.3, 0.4) is 0 Å². The zero-order chi connectivity index (χ0) is 5.86. The highest BCUT2D eigenvalue weighted by molar-refractivity contribution is 4.77. The van der Waals surface area contributed by atoms with Crippen LogP contribution in [0.25, 0.3) is 0 Å². The summed E-state index contributed by atoms with van der Waals surface area (Å²) in [4.78, 5) is 0. The third kappa shape index (κ3) is 2.56. The van der Waals surface area contributed by atoms with Gasteiger partial charge < -0.3 is 17.2 Å². The molecule has 0 rings (SSSR count). The number of nitrogens with two attached hydrogens (primary N) is 3. The maximum Gasteiger partial charge on any atom is 0.0317 e. The molecule has 0 saturated carbocycles. The van der Waals surface area contributed by atoms with E-state index < -0.39 is 0 Å². The first kappa shape index (κ1) is 6.88. The molecule has 0 spiro atoms. The third-order valence-corrected chi connectivity index (χ3v) is 0.822. The van der Waals surface area contributed by atoms with Gasteiger partial charge >= 0.3 is 0 Å². The van der Waals surface area contributed by atoms with Crippen molar-refractivity contribution in [1.82, 2.24) is 0 Å². The van der Waals surface area contributed by atoms with Gasteiger partial charge in [0.05, 0.1) is 0 Å². The Morgan fingerprint density at radius 1 is 1.43 bits per heavy atom. The van der Waals surface area contributed by atoms with Crippen molar-refractivity contribution in [3.63, 3.8) is 0 Å². The lowest BCUT2D eigenvalue weighted by atomic mass is 10.2. The molecule has 0 aromatic carbocycles. The largest absolute Gasteiger partial charge is 0.329 e. The standard InChI is InChI=1S/C4H12N3/c1-3(6)4(7)2-5/h3-4H,1-2,5-7H2. The molecule has 0 aromatic rings. The van der Waals surface area contributed by atoms with Crippen LogP contribution in [0.15, 0.2) is 0 Å². The van der Waals surface area contributed by atoms with Crippen molar-refractivity contribution >= 4 is 0 Å². The van der Waals surface area contributed by atoms with Crippen LogP contribution in [0.1, 0.15) is 0 Å². The van der Waals surface area contributed by atoms with Gasteiger partial charge in [0.1, 0.15) is 0 Å². The molecule has 0 amide bonds. The predicted octanol–water partition coefficient (Wildman–Crippen LogP) is -1.57. The van der Waals surface area contributed by atoms with Gasteiger partial charge in [-0.2, -0.15) is 0 Å². The van der Waals surface area contributed by atoms with Gasteiger partial charge in [0.25, 0.3) is 0 Å². The maximum absolute atomic E-state index is 5.30. The summed E-state index contributed by atoms with van der Waals surface area (Å²) in [5.41, 5.74) is 15.7. The van der Waals surface area contributed by atoms with Crippen LogP contribution in [0.2, 0.25) is 0 Å². The lowest BCUT2D eigenvalue weighted by molar-refractivity contribution is 0.606. The van der Waals surface area contributed by atoms with Gasteiger partial charge in [-0.25, -0.2) is 0 Å². The average molecular weight is 102 g/mol. The summed E-state index contributed by atoms with van der Waals surface area (Å²) in [6.45, 7) is 3.89. The van der Waals surface area contributed by atoms with E-state index in [4.69, 9.17) is 17.2 Å². The smallest absolute Gasteiger partial charge is 0.0317 e. The number of rotatable bonds is 2. The molecular weight excluding hydrogens is 90.1 g/mol. The molecule has 0 fully saturated rings. The number of hydrogen-bond donors (Lipinski definition) is 3. The molecule has 1 radical (unpaired) electrons. The van der Waals surface area contributed by atoms with E-state index in [1.807, 2.05) is 0 Å². The third-order valence-electron chi connectivity index (χ3n) is 0.822. The Hall–Kier alpha value is -0.120. The molecule has 0 aliphatic carbocycles. The molecule has 3 nitrogen and oxygen atoms in total. The summed E-state index contributed by atoms with van der Waals surface area (Å²) in [5, 5.41) is 0. The highest BCUT2D eigenvalue weighted by atomic mass is 14.8. The monoisotopic (exact) mass is 102 g/mol. The van der Waals surface area contributed by atoms with E-state index in [0.29, 0.717) is 6.54 Å². The van der Waals surface area contributed by atoms with Gasteiger partial charge in [-0.3, -0.25) is 0 Å². The first-order chi connectivity index (χ1) is 3.18. The molecule has 43 valence electrons. The van der Waals surface area contributed by atoms with Crippen molar-refractivity contribution in [2.75, 3.05) is 6.54 Å². The molecule has 0 aliphatic heterocycles. The zero-order valence-corrected chi connectivity index (χ0v) is 4.30. The van der Waals surface area contributed by atoms with Crippen LogP contribution < -0.4 is 17.2 Å². The molecule has 0 heterocycles. The molecule has 3 heteroatoms. The SMILES string of the molecule is [CH2]C(N)C(N)CN. The lowest BCUT2D eigenvalue weighted by Crippen LogP contribution is -2.44. The molecule has 0 saturated heterocycles. The van der Waals surface area contributed by atoms with Gasteiger partial charge in [0, 0.05) is 18.6 Å². The molecule has 2 unspecified atom stereocenters. The summed E-state index contributed by atoms with van der Waals surface area (Å²) < 4.78 is 0. The molecular formula is C4H12N3. The maximum atomic E-state index is 5.30. The summed E-state index contributed by atoms with van der Waals surface area (Å²) in [6.07, 6.45) is 0. The first-order valence-corrected chi connectivity index (χ1v) is 2.22. The van der Waals surface area contributed by atoms with Crippen LogP contribution in [0.4, 0.5) is 0 Å². The van der Waals surface area contributed by atoms with Crippen molar-refractivity contribution in [3.05, 3.63) is 6.92 Å². The summed E-state index contributed by atoms with van der Waals surface area (Å²) in [5.74, 6) is 0. The van der Waals surface area contributed by atoms with Gasteiger partial charge in [-0.1, -0.05) is 0 Å². The molecule has 0 bridgehead atoms. The van der Waals surface area contributed by atoms with E-state index in [9.17, 15) is 0 Å². The van der Waals surface area contributed by atoms with E-state index >= 15 is 0 Å². The Balaban J connectivity index is 3.14. The second kappa shape index (κ2) is 2.96. The van der Waals surface area contributed by atoms with E-state index in [1.165, 1.54) is 0 Å². The van der Waals surface area contributed by atoms with Gasteiger partial charge in [-0.15, -0.1) is 0 Å². The van der Waals surface area contributed by atoms with Gasteiger partial charge in [0.15, 0.2) is 0 Å². The average Bonchev–Trinajstić information content (AvgIpc) is 1.65. The van der Waals surface area contributed by atoms with Crippen molar-refractivity contribution in [2.24, 2.45) is 17.2 Å². The zero-order valence-electron chi connectivity index (χ0n) is 4.30. The Labute approximate surface area is 43.9 Å². The Morgan fingerprint density at radius 2 is 1.86 bits per heavy atom. The van der Waals surface area contributed by atoms with E-state index in [0.717, 1.165) is 0 Å². The molecule has 0 aromatic heterocycles. The minimum Gasteiger partial charge on any atom is -0.329 e. The number of hydrogen-bond acceptors (Lipinski definition) is 3. The fraction of sp³-hybridized carbons (Fsp3) is 0.750. The summed E-state index contributed by atoms with van der Waals surface area (Å²) in [6, 6.07) is -0.384. The van der Waals surface area contributed by atoms with Crippen LogP contribution in [-0.2, 0) is 0 Å². The predicted molar refractivity (Wildman–Crippen MR) is 30.4 cm³/mol. The fourth-order valence-corrected chi connectivity index (χ4v) is 0.175. The quantitative estimate of drug-likeness (QED) is 0.394. The molecule has 2 atom stereocenters. The lowest BCUT2D eigenvalue weighted by Gasteiger charge is -2.10.